The fourth-order valence-electron chi connectivity index (χ4n) is 1.61. The van der Waals surface area contributed by atoms with Crippen molar-refractivity contribution in [2.45, 2.75) is 17.6 Å². The Morgan fingerprint density at radius 1 is 1.22 bits per heavy atom. The molecule has 2 aromatic rings. The largest absolute Gasteiger partial charge is 0.398 e. The van der Waals surface area contributed by atoms with Gasteiger partial charge in [0.15, 0.2) is 0 Å². The van der Waals surface area contributed by atoms with Crippen molar-refractivity contribution >= 4 is 29.1 Å². The number of hydrogen-bond acceptors (Lipinski definition) is 2. The van der Waals surface area contributed by atoms with Crippen LogP contribution in [0.15, 0.2) is 41.3 Å². The third-order valence-electron chi connectivity index (χ3n) is 2.56. The summed E-state index contributed by atoms with van der Waals surface area (Å²) in [6.07, 6.45) is 0. The third-order valence-corrected chi connectivity index (χ3v) is 3.93. The Morgan fingerprint density at radius 3 is 2.72 bits per heavy atom. The van der Waals surface area contributed by atoms with Crippen LogP contribution in [-0.4, -0.2) is 0 Å². The smallest absolute Gasteiger partial charge is 0.127 e. The molecule has 94 valence electrons. The van der Waals surface area contributed by atoms with Crippen molar-refractivity contribution in [2.24, 2.45) is 0 Å². The minimum absolute atomic E-state index is 0.238. The number of rotatable bonds is 3. The van der Waals surface area contributed by atoms with Crippen LogP contribution in [0.4, 0.5) is 10.1 Å². The van der Waals surface area contributed by atoms with Crippen molar-refractivity contribution in [2.75, 3.05) is 5.73 Å². The summed E-state index contributed by atoms with van der Waals surface area (Å²) < 4.78 is 13.5. The molecule has 0 saturated heterocycles. The number of halogens is 2. The molecule has 0 aliphatic rings. The molecule has 0 unspecified atom stereocenters. The highest BCUT2D eigenvalue weighted by atomic mass is 35.5. The topological polar surface area (TPSA) is 26.0 Å². The molecular weight excluding hydrogens is 269 g/mol. The van der Waals surface area contributed by atoms with Gasteiger partial charge >= 0.3 is 0 Å². The van der Waals surface area contributed by atoms with E-state index in [4.69, 9.17) is 17.3 Å². The van der Waals surface area contributed by atoms with Gasteiger partial charge in [-0.15, -0.1) is 11.8 Å². The van der Waals surface area contributed by atoms with Crippen molar-refractivity contribution in [1.82, 2.24) is 0 Å². The molecule has 0 heterocycles. The van der Waals surface area contributed by atoms with Gasteiger partial charge in [-0.3, -0.25) is 0 Å². The highest BCUT2D eigenvalue weighted by molar-refractivity contribution is 7.98. The first-order chi connectivity index (χ1) is 8.56. The predicted octanol–water partition coefficient (Wildman–Crippen LogP) is 4.66. The van der Waals surface area contributed by atoms with Crippen LogP contribution in [0.3, 0.4) is 0 Å². The molecule has 0 aliphatic carbocycles. The van der Waals surface area contributed by atoms with Crippen LogP contribution in [0, 0.1) is 12.7 Å². The number of benzene rings is 2. The van der Waals surface area contributed by atoms with E-state index in [2.05, 4.69) is 0 Å². The summed E-state index contributed by atoms with van der Waals surface area (Å²) in [5.74, 6) is 0.275. The fourth-order valence-corrected chi connectivity index (χ4v) is 2.73. The van der Waals surface area contributed by atoms with E-state index in [0.29, 0.717) is 16.3 Å². The zero-order valence-electron chi connectivity index (χ0n) is 9.91. The number of aryl methyl sites for hydroxylation is 1. The van der Waals surface area contributed by atoms with Crippen molar-refractivity contribution in [3.8, 4) is 0 Å². The average Bonchev–Trinajstić information content (AvgIpc) is 2.32. The molecule has 2 aromatic carbocycles. The molecule has 0 fully saturated rings. The molecule has 2 rings (SSSR count). The maximum atomic E-state index is 13.5. The quantitative estimate of drug-likeness (QED) is 0.654. The molecule has 18 heavy (non-hydrogen) atoms. The normalized spacial score (nSPS) is 10.6. The highest BCUT2D eigenvalue weighted by Crippen LogP contribution is 2.30. The number of nitrogens with two attached hydrogens (primary N) is 1. The van der Waals surface area contributed by atoms with Gasteiger partial charge in [0, 0.05) is 21.4 Å². The highest BCUT2D eigenvalue weighted by Gasteiger charge is 2.06. The van der Waals surface area contributed by atoms with Gasteiger partial charge in [-0.1, -0.05) is 17.7 Å². The van der Waals surface area contributed by atoms with E-state index in [1.807, 2.05) is 25.1 Å². The molecule has 4 heteroatoms. The number of nitrogen functional groups attached to an aromatic ring is 1. The zero-order valence-corrected chi connectivity index (χ0v) is 11.5. The Labute approximate surface area is 115 Å². The van der Waals surface area contributed by atoms with Crippen LogP contribution >= 0.6 is 23.4 Å². The number of anilines is 1. The van der Waals surface area contributed by atoms with Gasteiger partial charge in [0.2, 0.25) is 0 Å². The Kier molecular flexibility index (Phi) is 4.15. The second-order valence-electron chi connectivity index (χ2n) is 4.07. The monoisotopic (exact) mass is 281 g/mol. The lowest BCUT2D eigenvalue weighted by molar-refractivity contribution is 0.617. The van der Waals surface area contributed by atoms with Crippen LogP contribution in [0.2, 0.25) is 5.02 Å². The van der Waals surface area contributed by atoms with Gasteiger partial charge in [-0.25, -0.2) is 4.39 Å². The Morgan fingerprint density at radius 2 is 2.00 bits per heavy atom. The van der Waals surface area contributed by atoms with Gasteiger partial charge in [0.05, 0.1) is 0 Å². The van der Waals surface area contributed by atoms with Crippen molar-refractivity contribution < 1.29 is 4.39 Å². The van der Waals surface area contributed by atoms with E-state index in [0.717, 1.165) is 16.1 Å². The lowest BCUT2D eigenvalue weighted by atomic mass is 10.2. The van der Waals surface area contributed by atoms with Gasteiger partial charge < -0.3 is 5.73 Å². The lowest BCUT2D eigenvalue weighted by Crippen LogP contribution is -1.91. The van der Waals surface area contributed by atoms with E-state index in [1.165, 1.54) is 17.8 Å². The van der Waals surface area contributed by atoms with Gasteiger partial charge in [-0.2, -0.15) is 0 Å². The van der Waals surface area contributed by atoms with Gasteiger partial charge in [0.1, 0.15) is 5.82 Å². The second-order valence-corrected chi connectivity index (χ2v) is 5.52. The molecular formula is C14H13ClFNS. The Balaban J connectivity index is 2.13. The average molecular weight is 282 g/mol. The van der Waals surface area contributed by atoms with Crippen LogP contribution in [0.1, 0.15) is 11.1 Å². The minimum atomic E-state index is -0.238. The summed E-state index contributed by atoms with van der Waals surface area (Å²) in [5.41, 5.74) is 8.34. The first-order valence-corrected chi connectivity index (χ1v) is 6.85. The van der Waals surface area contributed by atoms with Gasteiger partial charge in [-0.05, 0) is 48.4 Å². The summed E-state index contributed by atoms with van der Waals surface area (Å²) in [6.45, 7) is 1.99. The lowest BCUT2D eigenvalue weighted by Gasteiger charge is -2.07. The third kappa shape index (κ3) is 3.18. The summed E-state index contributed by atoms with van der Waals surface area (Å²) in [5, 5.41) is 0.545. The van der Waals surface area contributed by atoms with Crippen molar-refractivity contribution in [1.29, 1.82) is 0 Å². The molecule has 0 radical (unpaired) electrons. The summed E-state index contributed by atoms with van der Waals surface area (Å²) in [6, 6.07) is 10.4. The van der Waals surface area contributed by atoms with E-state index in [1.54, 1.807) is 12.1 Å². The van der Waals surface area contributed by atoms with Crippen LogP contribution in [0.25, 0.3) is 0 Å². The molecule has 0 aliphatic heterocycles. The first-order valence-electron chi connectivity index (χ1n) is 5.49. The van der Waals surface area contributed by atoms with E-state index in [9.17, 15) is 4.39 Å². The fraction of sp³-hybridized carbons (Fsp3) is 0.143. The van der Waals surface area contributed by atoms with E-state index in [-0.39, 0.29) is 5.82 Å². The first kappa shape index (κ1) is 13.2. The Hall–Kier alpha value is -1.19. The standard InChI is InChI=1S/C14H13ClFNS/c1-9-2-5-14(13(17)6-9)18-8-10-7-11(15)3-4-12(10)16/h2-7H,8,17H2,1H3. The molecule has 1 nitrogen and oxygen atoms in total. The molecule has 0 spiro atoms. The molecule has 0 bridgehead atoms. The van der Waals surface area contributed by atoms with Crippen molar-refractivity contribution in [3.05, 3.63) is 58.4 Å². The summed E-state index contributed by atoms with van der Waals surface area (Å²) >= 11 is 7.36. The zero-order chi connectivity index (χ0) is 13.1. The summed E-state index contributed by atoms with van der Waals surface area (Å²) in [7, 11) is 0. The van der Waals surface area contributed by atoms with Gasteiger partial charge in [0.25, 0.3) is 0 Å². The molecule has 0 aromatic heterocycles. The molecule has 0 saturated carbocycles. The van der Waals surface area contributed by atoms with Crippen molar-refractivity contribution in [3.63, 3.8) is 0 Å². The van der Waals surface area contributed by atoms with Crippen LogP contribution < -0.4 is 5.73 Å². The van der Waals surface area contributed by atoms with E-state index < -0.39 is 0 Å². The molecule has 2 N–H and O–H groups in total. The Bertz CT molecular complexity index is 572. The maximum absolute atomic E-state index is 13.5. The second kappa shape index (κ2) is 5.63. The van der Waals surface area contributed by atoms with Crippen LogP contribution in [-0.2, 0) is 5.75 Å². The minimum Gasteiger partial charge on any atom is -0.398 e. The predicted molar refractivity (Wildman–Crippen MR) is 76.6 cm³/mol. The van der Waals surface area contributed by atoms with Crippen LogP contribution in [0.5, 0.6) is 0 Å². The molecule has 0 atom stereocenters. The SMILES string of the molecule is Cc1ccc(SCc2cc(Cl)ccc2F)c(N)c1. The molecule has 0 amide bonds. The number of hydrogen-bond donors (Lipinski definition) is 1. The number of thioether (sulfide) groups is 1. The summed E-state index contributed by atoms with van der Waals surface area (Å²) in [4.78, 5) is 0.958. The van der Waals surface area contributed by atoms with E-state index >= 15 is 0 Å². The maximum Gasteiger partial charge on any atom is 0.127 e.